The predicted octanol–water partition coefficient (Wildman–Crippen LogP) is 1.88. The number of ether oxygens (including phenoxy) is 1. The van der Waals surface area contributed by atoms with Crippen molar-refractivity contribution in [3.63, 3.8) is 0 Å². The molecule has 0 saturated carbocycles. The van der Waals surface area contributed by atoms with Crippen molar-refractivity contribution in [3.05, 3.63) is 18.2 Å². The Hall–Kier alpha value is -0.870. The topological polar surface area (TPSA) is 39.1 Å². The zero-order chi connectivity index (χ0) is 11.7. The lowest BCUT2D eigenvalue weighted by atomic mass is 10.0. The van der Waals surface area contributed by atoms with Crippen LogP contribution in [-0.4, -0.2) is 28.3 Å². The summed E-state index contributed by atoms with van der Waals surface area (Å²) < 4.78 is 8.13. The average molecular weight is 235 g/mol. The molecule has 94 valence electrons. The van der Waals surface area contributed by atoms with Gasteiger partial charge < -0.3 is 14.6 Å². The average Bonchev–Trinajstić information content (AvgIpc) is 2.98. The highest BCUT2D eigenvalue weighted by atomic mass is 16.5. The van der Waals surface area contributed by atoms with Gasteiger partial charge in [-0.25, -0.2) is 4.98 Å². The van der Waals surface area contributed by atoms with Gasteiger partial charge >= 0.3 is 0 Å². The molecule has 3 rings (SSSR count). The lowest BCUT2D eigenvalue weighted by molar-refractivity contribution is 0.00544. The van der Waals surface area contributed by atoms with E-state index in [4.69, 9.17) is 4.74 Å². The van der Waals surface area contributed by atoms with E-state index in [9.17, 15) is 0 Å². The van der Waals surface area contributed by atoms with Crippen LogP contribution in [0.4, 0.5) is 0 Å². The number of nitrogens with one attached hydrogen (secondary N) is 1. The zero-order valence-electron chi connectivity index (χ0n) is 10.5. The molecule has 0 spiro atoms. The third kappa shape index (κ3) is 2.24. The van der Waals surface area contributed by atoms with Crippen molar-refractivity contribution >= 4 is 0 Å². The Kier molecular flexibility index (Phi) is 2.92. The normalized spacial score (nSPS) is 33.4. The molecule has 2 aliphatic heterocycles. The van der Waals surface area contributed by atoms with Gasteiger partial charge in [0.2, 0.25) is 0 Å². The van der Waals surface area contributed by atoms with E-state index in [-0.39, 0.29) is 5.60 Å². The quantitative estimate of drug-likeness (QED) is 0.869. The summed E-state index contributed by atoms with van der Waals surface area (Å²) >= 11 is 0. The van der Waals surface area contributed by atoms with Crippen LogP contribution >= 0.6 is 0 Å². The minimum atomic E-state index is 0.00799. The monoisotopic (exact) mass is 235 g/mol. The third-order valence-corrected chi connectivity index (χ3v) is 3.97. The lowest BCUT2D eigenvalue weighted by Gasteiger charge is -2.25. The lowest BCUT2D eigenvalue weighted by Crippen LogP contribution is -2.31. The van der Waals surface area contributed by atoms with Crippen LogP contribution in [0.1, 0.15) is 44.3 Å². The molecule has 0 aliphatic carbocycles. The summed E-state index contributed by atoms with van der Waals surface area (Å²) in [7, 11) is 0. The SMILES string of the molecule is CC1(Cn2cncc2[C@@H]2CCCN2)CCCO1. The molecule has 4 nitrogen and oxygen atoms in total. The van der Waals surface area contributed by atoms with Crippen LogP contribution in [0.5, 0.6) is 0 Å². The van der Waals surface area contributed by atoms with Gasteiger partial charge in [-0.05, 0) is 39.2 Å². The molecule has 1 N–H and O–H groups in total. The van der Waals surface area contributed by atoms with E-state index in [1.807, 2.05) is 12.5 Å². The Balaban J connectivity index is 1.76. The molecular formula is C13H21N3O. The minimum absolute atomic E-state index is 0.00799. The van der Waals surface area contributed by atoms with Gasteiger partial charge in [-0.1, -0.05) is 0 Å². The Morgan fingerprint density at radius 1 is 1.59 bits per heavy atom. The van der Waals surface area contributed by atoms with E-state index in [2.05, 4.69) is 21.8 Å². The van der Waals surface area contributed by atoms with Crippen LogP contribution in [0.2, 0.25) is 0 Å². The molecule has 1 aromatic rings. The van der Waals surface area contributed by atoms with Crippen molar-refractivity contribution in [1.29, 1.82) is 0 Å². The van der Waals surface area contributed by atoms with Gasteiger partial charge in [-0.2, -0.15) is 0 Å². The number of aromatic nitrogens is 2. The van der Waals surface area contributed by atoms with Crippen LogP contribution in [0.3, 0.4) is 0 Å². The smallest absolute Gasteiger partial charge is 0.0949 e. The maximum Gasteiger partial charge on any atom is 0.0949 e. The van der Waals surface area contributed by atoms with Crippen molar-refractivity contribution in [2.45, 2.75) is 50.8 Å². The first-order chi connectivity index (χ1) is 8.27. The van der Waals surface area contributed by atoms with E-state index in [1.54, 1.807) is 0 Å². The fourth-order valence-corrected chi connectivity index (χ4v) is 3.01. The van der Waals surface area contributed by atoms with Gasteiger partial charge in [0.05, 0.1) is 24.2 Å². The molecule has 1 aromatic heterocycles. The van der Waals surface area contributed by atoms with E-state index in [0.717, 1.165) is 26.1 Å². The number of imidazole rings is 1. The van der Waals surface area contributed by atoms with Gasteiger partial charge in [0, 0.05) is 18.8 Å². The van der Waals surface area contributed by atoms with Crippen LogP contribution in [0.15, 0.2) is 12.5 Å². The molecule has 0 bridgehead atoms. The van der Waals surface area contributed by atoms with Crippen molar-refractivity contribution < 1.29 is 4.74 Å². The van der Waals surface area contributed by atoms with Crippen LogP contribution in [0.25, 0.3) is 0 Å². The standard InChI is InChI=1S/C13H21N3O/c1-13(5-3-7-17-13)9-16-10-14-8-12(16)11-4-2-6-15-11/h8,10-11,15H,2-7,9H2,1H3/t11-,13?/m0/s1. The van der Waals surface area contributed by atoms with E-state index < -0.39 is 0 Å². The van der Waals surface area contributed by atoms with E-state index in [0.29, 0.717) is 6.04 Å². The highest BCUT2D eigenvalue weighted by molar-refractivity contribution is 5.08. The summed E-state index contributed by atoms with van der Waals surface area (Å²) in [5.74, 6) is 0. The highest BCUT2D eigenvalue weighted by Crippen LogP contribution is 2.29. The molecule has 3 heterocycles. The summed E-state index contributed by atoms with van der Waals surface area (Å²) in [5, 5.41) is 3.54. The summed E-state index contributed by atoms with van der Waals surface area (Å²) in [6.45, 7) is 5.18. The van der Waals surface area contributed by atoms with Gasteiger partial charge in [0.1, 0.15) is 0 Å². The predicted molar refractivity (Wildman–Crippen MR) is 65.8 cm³/mol. The van der Waals surface area contributed by atoms with Gasteiger partial charge in [0.25, 0.3) is 0 Å². The van der Waals surface area contributed by atoms with Crippen molar-refractivity contribution in [2.24, 2.45) is 0 Å². The molecule has 2 fully saturated rings. The molecule has 17 heavy (non-hydrogen) atoms. The summed E-state index contributed by atoms with van der Waals surface area (Å²) in [4.78, 5) is 4.31. The van der Waals surface area contributed by atoms with E-state index >= 15 is 0 Å². The maximum atomic E-state index is 5.86. The van der Waals surface area contributed by atoms with Crippen molar-refractivity contribution in [3.8, 4) is 0 Å². The second-order valence-corrected chi connectivity index (χ2v) is 5.50. The van der Waals surface area contributed by atoms with Gasteiger partial charge in [-0.15, -0.1) is 0 Å². The fraction of sp³-hybridized carbons (Fsp3) is 0.769. The van der Waals surface area contributed by atoms with Crippen molar-refractivity contribution in [2.75, 3.05) is 13.2 Å². The first-order valence-electron chi connectivity index (χ1n) is 6.64. The number of hydrogen-bond donors (Lipinski definition) is 1. The second kappa shape index (κ2) is 4.42. The third-order valence-electron chi connectivity index (χ3n) is 3.97. The summed E-state index contributed by atoms with van der Waals surface area (Å²) in [5.41, 5.74) is 1.33. The molecular weight excluding hydrogens is 214 g/mol. The highest BCUT2D eigenvalue weighted by Gasteiger charge is 2.31. The minimum Gasteiger partial charge on any atom is -0.373 e. The first kappa shape index (κ1) is 11.2. The molecule has 2 aliphatic rings. The van der Waals surface area contributed by atoms with Gasteiger partial charge in [0.15, 0.2) is 0 Å². The summed E-state index contributed by atoms with van der Waals surface area (Å²) in [6.07, 6.45) is 8.78. The van der Waals surface area contributed by atoms with Crippen molar-refractivity contribution in [1.82, 2.24) is 14.9 Å². The fourth-order valence-electron chi connectivity index (χ4n) is 3.01. The first-order valence-corrected chi connectivity index (χ1v) is 6.64. The Bertz CT molecular complexity index is 376. The zero-order valence-corrected chi connectivity index (χ0v) is 10.5. The van der Waals surface area contributed by atoms with Crippen LogP contribution in [-0.2, 0) is 11.3 Å². The molecule has 2 atom stereocenters. The Labute approximate surface area is 102 Å². The Morgan fingerprint density at radius 3 is 3.24 bits per heavy atom. The second-order valence-electron chi connectivity index (χ2n) is 5.50. The largest absolute Gasteiger partial charge is 0.373 e. The van der Waals surface area contributed by atoms with Crippen LogP contribution < -0.4 is 5.32 Å². The maximum absolute atomic E-state index is 5.86. The summed E-state index contributed by atoms with van der Waals surface area (Å²) in [6, 6.07) is 0.488. The van der Waals surface area contributed by atoms with Crippen LogP contribution in [0, 0.1) is 0 Å². The molecule has 0 radical (unpaired) electrons. The Morgan fingerprint density at radius 2 is 2.53 bits per heavy atom. The molecule has 0 aromatic carbocycles. The molecule has 2 saturated heterocycles. The molecule has 1 unspecified atom stereocenters. The number of rotatable bonds is 3. The molecule has 4 heteroatoms. The van der Waals surface area contributed by atoms with E-state index in [1.165, 1.54) is 25.0 Å². The molecule has 0 amide bonds. The van der Waals surface area contributed by atoms with Gasteiger partial charge in [-0.3, -0.25) is 0 Å². The number of nitrogens with zero attached hydrogens (tertiary/aromatic N) is 2. The number of hydrogen-bond acceptors (Lipinski definition) is 3.